The summed E-state index contributed by atoms with van der Waals surface area (Å²) in [6.45, 7) is 7.04. The SMILES string of the molecule is CCN(CCNC(=O)[C@@H]1CC[C@H](CN)O1)c1ccccc1C. The highest BCUT2D eigenvalue weighted by Gasteiger charge is 2.29. The maximum absolute atomic E-state index is 12.1. The van der Waals surface area contributed by atoms with Gasteiger partial charge < -0.3 is 20.7 Å². The van der Waals surface area contributed by atoms with Crippen molar-refractivity contribution in [3.8, 4) is 0 Å². The molecule has 1 saturated heterocycles. The summed E-state index contributed by atoms with van der Waals surface area (Å²) >= 11 is 0. The monoisotopic (exact) mass is 305 g/mol. The van der Waals surface area contributed by atoms with Gasteiger partial charge in [-0.3, -0.25) is 4.79 Å². The molecule has 0 unspecified atom stereocenters. The van der Waals surface area contributed by atoms with E-state index in [4.69, 9.17) is 10.5 Å². The zero-order chi connectivity index (χ0) is 15.9. The van der Waals surface area contributed by atoms with Gasteiger partial charge in [-0.05, 0) is 38.3 Å². The molecule has 1 aromatic rings. The third kappa shape index (κ3) is 4.21. The molecule has 2 atom stereocenters. The highest BCUT2D eigenvalue weighted by Crippen LogP contribution is 2.20. The topological polar surface area (TPSA) is 67.6 Å². The van der Waals surface area contributed by atoms with E-state index >= 15 is 0 Å². The third-order valence-electron chi connectivity index (χ3n) is 4.18. The number of nitrogens with zero attached hydrogens (tertiary/aromatic N) is 1. The zero-order valence-electron chi connectivity index (χ0n) is 13.5. The molecule has 0 aliphatic carbocycles. The van der Waals surface area contributed by atoms with Gasteiger partial charge in [0.15, 0.2) is 0 Å². The molecule has 0 aromatic heterocycles. The van der Waals surface area contributed by atoms with Crippen molar-refractivity contribution in [2.75, 3.05) is 31.1 Å². The summed E-state index contributed by atoms with van der Waals surface area (Å²) in [5.41, 5.74) is 8.04. The lowest BCUT2D eigenvalue weighted by molar-refractivity contribution is -0.131. The van der Waals surface area contributed by atoms with Crippen molar-refractivity contribution in [2.45, 2.75) is 38.9 Å². The molecule has 0 bridgehead atoms. The fourth-order valence-corrected chi connectivity index (χ4v) is 2.87. The second kappa shape index (κ2) is 8.15. The van der Waals surface area contributed by atoms with E-state index in [0.717, 1.165) is 25.9 Å². The van der Waals surface area contributed by atoms with Gasteiger partial charge in [-0.1, -0.05) is 18.2 Å². The summed E-state index contributed by atoms with van der Waals surface area (Å²) in [4.78, 5) is 14.4. The Labute approximate surface area is 132 Å². The molecular weight excluding hydrogens is 278 g/mol. The molecule has 2 rings (SSSR count). The van der Waals surface area contributed by atoms with Crippen molar-refractivity contribution < 1.29 is 9.53 Å². The molecule has 0 saturated carbocycles. The summed E-state index contributed by atoms with van der Waals surface area (Å²) in [5, 5.41) is 2.98. The van der Waals surface area contributed by atoms with Crippen LogP contribution in [0.15, 0.2) is 24.3 Å². The van der Waals surface area contributed by atoms with E-state index < -0.39 is 0 Å². The molecule has 1 aliphatic rings. The van der Waals surface area contributed by atoms with Crippen molar-refractivity contribution in [1.29, 1.82) is 0 Å². The zero-order valence-corrected chi connectivity index (χ0v) is 13.5. The number of nitrogens with two attached hydrogens (primary N) is 1. The number of aryl methyl sites for hydroxylation is 1. The lowest BCUT2D eigenvalue weighted by atomic mass is 10.2. The minimum absolute atomic E-state index is 0.0169. The predicted octanol–water partition coefficient (Wildman–Crippen LogP) is 1.44. The molecule has 1 amide bonds. The van der Waals surface area contributed by atoms with Crippen LogP contribution in [0.1, 0.15) is 25.3 Å². The molecule has 1 aromatic carbocycles. The number of carbonyl (C=O) groups excluding carboxylic acids is 1. The van der Waals surface area contributed by atoms with Crippen LogP contribution in [0.4, 0.5) is 5.69 Å². The maximum atomic E-state index is 12.1. The van der Waals surface area contributed by atoms with E-state index in [1.54, 1.807) is 0 Å². The Hall–Kier alpha value is -1.59. The van der Waals surface area contributed by atoms with E-state index in [1.807, 2.05) is 12.1 Å². The second-order valence-electron chi connectivity index (χ2n) is 5.72. The van der Waals surface area contributed by atoms with E-state index in [0.29, 0.717) is 13.1 Å². The lowest BCUT2D eigenvalue weighted by Gasteiger charge is -2.25. The Morgan fingerprint density at radius 1 is 1.41 bits per heavy atom. The Balaban J connectivity index is 1.80. The lowest BCUT2D eigenvalue weighted by Crippen LogP contribution is -2.40. The van der Waals surface area contributed by atoms with Crippen LogP contribution in [0.25, 0.3) is 0 Å². The number of benzene rings is 1. The smallest absolute Gasteiger partial charge is 0.249 e. The molecule has 1 fully saturated rings. The average Bonchev–Trinajstić information content (AvgIpc) is 3.01. The van der Waals surface area contributed by atoms with Gasteiger partial charge in [-0.15, -0.1) is 0 Å². The number of hydrogen-bond acceptors (Lipinski definition) is 4. The first-order chi connectivity index (χ1) is 10.7. The van der Waals surface area contributed by atoms with Crippen molar-refractivity contribution in [3.05, 3.63) is 29.8 Å². The number of hydrogen-bond donors (Lipinski definition) is 2. The van der Waals surface area contributed by atoms with Crippen LogP contribution in [-0.4, -0.2) is 44.3 Å². The van der Waals surface area contributed by atoms with E-state index in [1.165, 1.54) is 11.3 Å². The number of carbonyl (C=O) groups is 1. The number of ether oxygens (including phenoxy) is 1. The van der Waals surface area contributed by atoms with Crippen LogP contribution >= 0.6 is 0 Å². The average molecular weight is 305 g/mol. The van der Waals surface area contributed by atoms with Gasteiger partial charge in [0.2, 0.25) is 5.91 Å². The fraction of sp³-hybridized carbons (Fsp3) is 0.588. The second-order valence-corrected chi connectivity index (χ2v) is 5.72. The van der Waals surface area contributed by atoms with E-state index in [2.05, 4.69) is 36.2 Å². The van der Waals surface area contributed by atoms with Crippen molar-refractivity contribution in [1.82, 2.24) is 5.32 Å². The van der Waals surface area contributed by atoms with Crippen molar-refractivity contribution in [3.63, 3.8) is 0 Å². The normalized spacial score (nSPS) is 20.9. The molecular formula is C17H27N3O2. The summed E-state index contributed by atoms with van der Waals surface area (Å²) < 4.78 is 5.61. The fourth-order valence-electron chi connectivity index (χ4n) is 2.87. The van der Waals surface area contributed by atoms with Crippen molar-refractivity contribution in [2.24, 2.45) is 5.73 Å². The van der Waals surface area contributed by atoms with Crippen LogP contribution in [0.2, 0.25) is 0 Å². The van der Waals surface area contributed by atoms with E-state index in [-0.39, 0.29) is 18.1 Å². The molecule has 3 N–H and O–H groups in total. The van der Waals surface area contributed by atoms with E-state index in [9.17, 15) is 4.79 Å². The Morgan fingerprint density at radius 3 is 2.82 bits per heavy atom. The standard InChI is InChI=1S/C17H27N3O2/c1-3-20(15-7-5-4-6-13(15)2)11-10-19-17(21)16-9-8-14(12-18)22-16/h4-7,14,16H,3,8-12,18H2,1-2H3,(H,19,21)/t14-,16+/m1/s1. The van der Waals surface area contributed by atoms with Crippen LogP contribution < -0.4 is 16.0 Å². The minimum atomic E-state index is -0.331. The largest absolute Gasteiger partial charge is 0.370 e. The van der Waals surface area contributed by atoms with Crippen molar-refractivity contribution >= 4 is 11.6 Å². The number of nitrogens with one attached hydrogen (secondary N) is 1. The molecule has 22 heavy (non-hydrogen) atoms. The summed E-state index contributed by atoms with van der Waals surface area (Å²) in [5.74, 6) is -0.0169. The van der Waals surface area contributed by atoms with Crippen LogP contribution in [0.5, 0.6) is 0 Å². The number of para-hydroxylation sites is 1. The highest BCUT2D eigenvalue weighted by molar-refractivity contribution is 5.81. The Kier molecular flexibility index (Phi) is 6.21. The van der Waals surface area contributed by atoms with Crippen LogP contribution in [0.3, 0.4) is 0 Å². The Morgan fingerprint density at radius 2 is 2.18 bits per heavy atom. The van der Waals surface area contributed by atoms with Crippen LogP contribution in [-0.2, 0) is 9.53 Å². The van der Waals surface area contributed by atoms with Gasteiger partial charge in [0.1, 0.15) is 6.10 Å². The number of amides is 1. The third-order valence-corrected chi connectivity index (χ3v) is 4.18. The molecule has 0 spiro atoms. The molecule has 1 heterocycles. The van der Waals surface area contributed by atoms with Gasteiger partial charge in [0.25, 0.3) is 0 Å². The highest BCUT2D eigenvalue weighted by atomic mass is 16.5. The molecule has 122 valence electrons. The predicted molar refractivity (Wildman–Crippen MR) is 89.0 cm³/mol. The van der Waals surface area contributed by atoms with Gasteiger partial charge >= 0.3 is 0 Å². The quantitative estimate of drug-likeness (QED) is 0.800. The number of anilines is 1. The molecule has 5 nitrogen and oxygen atoms in total. The maximum Gasteiger partial charge on any atom is 0.249 e. The molecule has 0 radical (unpaired) electrons. The minimum Gasteiger partial charge on any atom is -0.370 e. The first-order valence-corrected chi connectivity index (χ1v) is 8.09. The van der Waals surface area contributed by atoms with Gasteiger partial charge in [-0.25, -0.2) is 0 Å². The first kappa shape index (κ1) is 16.8. The summed E-state index contributed by atoms with van der Waals surface area (Å²) in [6, 6.07) is 8.31. The summed E-state index contributed by atoms with van der Waals surface area (Å²) in [7, 11) is 0. The number of likely N-dealkylation sites (N-methyl/N-ethyl adjacent to an activating group) is 1. The molecule has 1 aliphatic heterocycles. The van der Waals surface area contributed by atoms with Gasteiger partial charge in [-0.2, -0.15) is 0 Å². The van der Waals surface area contributed by atoms with Gasteiger partial charge in [0.05, 0.1) is 6.10 Å². The Bertz CT molecular complexity index is 493. The molecule has 5 heteroatoms. The van der Waals surface area contributed by atoms with Gasteiger partial charge in [0, 0.05) is 31.9 Å². The number of rotatable bonds is 7. The van der Waals surface area contributed by atoms with Crippen LogP contribution in [0, 0.1) is 6.92 Å². The first-order valence-electron chi connectivity index (χ1n) is 8.09. The summed E-state index contributed by atoms with van der Waals surface area (Å²) in [6.07, 6.45) is 1.35.